The van der Waals surface area contributed by atoms with Crippen LogP contribution in [0.5, 0.6) is 0 Å². The number of nitriles is 1. The minimum Gasteiger partial charge on any atom is -0.368 e. The van der Waals surface area contributed by atoms with Gasteiger partial charge in [-0.2, -0.15) is 18.4 Å². The molecule has 0 aliphatic heterocycles. The molecule has 2 N–H and O–H groups in total. The third kappa shape index (κ3) is 5.83. The van der Waals surface area contributed by atoms with E-state index in [9.17, 15) is 18.0 Å². The molecule has 0 aliphatic carbocycles. The number of aryl methyl sites for hydroxylation is 1. The summed E-state index contributed by atoms with van der Waals surface area (Å²) in [6, 6.07) is 12.1. The van der Waals surface area contributed by atoms with E-state index in [1.54, 1.807) is 32.0 Å². The Bertz CT molecular complexity index is 884. The molecule has 30 heavy (non-hydrogen) atoms. The summed E-state index contributed by atoms with van der Waals surface area (Å²) >= 11 is 0. The van der Waals surface area contributed by atoms with Gasteiger partial charge in [-0.05, 0) is 36.0 Å². The summed E-state index contributed by atoms with van der Waals surface area (Å²) < 4.78 is 42.3. The summed E-state index contributed by atoms with van der Waals surface area (Å²) in [5, 5.41) is 9.17. The maximum Gasteiger partial charge on any atom is 0.408 e. The molecule has 0 fully saturated rings. The van der Waals surface area contributed by atoms with E-state index in [1.165, 1.54) is 12.1 Å². The molecule has 0 saturated heterocycles. The van der Waals surface area contributed by atoms with Crippen molar-refractivity contribution in [3.8, 4) is 17.2 Å². The third-order valence-corrected chi connectivity index (χ3v) is 4.93. The normalized spacial score (nSPS) is 13.8. The van der Waals surface area contributed by atoms with Crippen molar-refractivity contribution in [1.29, 1.82) is 5.26 Å². The Balaban J connectivity index is 2.48. The average molecular weight is 417 g/mol. The van der Waals surface area contributed by atoms with E-state index in [-0.39, 0.29) is 17.9 Å². The van der Waals surface area contributed by atoms with Gasteiger partial charge in [-0.1, -0.05) is 67.9 Å². The highest BCUT2D eigenvalue weighted by atomic mass is 19.4. The van der Waals surface area contributed by atoms with Gasteiger partial charge in [0.25, 0.3) is 0 Å². The predicted octanol–water partition coefficient (Wildman–Crippen LogP) is 4.99. The minimum absolute atomic E-state index is 0.0383. The van der Waals surface area contributed by atoms with Crippen molar-refractivity contribution in [3.05, 3.63) is 59.7 Å². The van der Waals surface area contributed by atoms with Gasteiger partial charge in [0.2, 0.25) is 5.91 Å². The van der Waals surface area contributed by atoms with Crippen LogP contribution in [0.4, 0.5) is 13.2 Å². The second kappa shape index (κ2) is 9.77. The van der Waals surface area contributed by atoms with Gasteiger partial charge in [0.15, 0.2) is 0 Å². The molecule has 2 rings (SSSR count). The molecule has 0 spiro atoms. The van der Waals surface area contributed by atoms with E-state index < -0.39 is 30.7 Å². The Hall–Kier alpha value is -2.85. The molecule has 0 unspecified atom stereocenters. The third-order valence-electron chi connectivity index (χ3n) is 4.93. The van der Waals surface area contributed by atoms with E-state index in [4.69, 9.17) is 11.0 Å². The molecule has 0 bridgehead atoms. The molecule has 160 valence electrons. The second-order valence-corrected chi connectivity index (χ2v) is 7.81. The minimum atomic E-state index is -4.69. The van der Waals surface area contributed by atoms with Crippen molar-refractivity contribution < 1.29 is 18.0 Å². The Morgan fingerprint density at radius 3 is 1.97 bits per heavy atom. The van der Waals surface area contributed by atoms with Crippen LogP contribution >= 0.6 is 0 Å². The van der Waals surface area contributed by atoms with Crippen molar-refractivity contribution in [2.75, 3.05) is 6.54 Å². The first-order chi connectivity index (χ1) is 14.0. The number of carbonyl (C=O) groups excluding carboxylic acids is 1. The van der Waals surface area contributed by atoms with Gasteiger partial charge in [0, 0.05) is 0 Å². The zero-order valence-corrected chi connectivity index (χ0v) is 17.3. The number of nitrogens with two attached hydrogens (primary N) is 1. The molecule has 2 aromatic carbocycles. The van der Waals surface area contributed by atoms with E-state index in [2.05, 4.69) is 0 Å². The maximum absolute atomic E-state index is 14.1. The summed E-state index contributed by atoms with van der Waals surface area (Å²) in [7, 11) is 0. The summed E-state index contributed by atoms with van der Waals surface area (Å²) in [6.07, 6.45) is -4.56. The lowest BCUT2D eigenvalue weighted by Gasteiger charge is -2.37. The fourth-order valence-corrected chi connectivity index (χ4v) is 3.50. The number of halogens is 3. The van der Waals surface area contributed by atoms with E-state index in [0.29, 0.717) is 0 Å². The summed E-state index contributed by atoms with van der Waals surface area (Å²) in [4.78, 5) is 12.8. The molecule has 4 nitrogen and oxygen atoms in total. The fraction of sp³-hybridized carbons (Fsp3) is 0.391. The van der Waals surface area contributed by atoms with Gasteiger partial charge < -0.3 is 5.73 Å². The largest absolute Gasteiger partial charge is 0.408 e. The molecular weight excluding hydrogens is 391 g/mol. The number of nitrogens with zero attached hydrogens (tertiary/aromatic N) is 2. The Kier molecular flexibility index (Phi) is 7.63. The molecular formula is C23H26F3N3O. The SMILES string of the molecule is Cc1ccc(-c2ccc([C@H](N(CC#N)[C@@H](CC(C)C)C(N)=O)C(F)(F)F)cc2)cc1. The van der Waals surface area contributed by atoms with Crippen molar-refractivity contribution in [3.63, 3.8) is 0 Å². The Morgan fingerprint density at radius 2 is 1.57 bits per heavy atom. The van der Waals surface area contributed by atoms with Crippen LogP contribution in [0.2, 0.25) is 0 Å². The number of hydrogen-bond acceptors (Lipinski definition) is 3. The van der Waals surface area contributed by atoms with E-state index in [1.807, 2.05) is 31.2 Å². The van der Waals surface area contributed by atoms with Gasteiger partial charge in [-0.25, -0.2) is 0 Å². The first-order valence-corrected chi connectivity index (χ1v) is 9.70. The van der Waals surface area contributed by atoms with Crippen molar-refractivity contribution in [2.45, 2.75) is 45.5 Å². The first-order valence-electron chi connectivity index (χ1n) is 9.70. The molecule has 0 radical (unpaired) electrons. The van der Waals surface area contributed by atoms with Crippen LogP contribution in [-0.4, -0.2) is 29.6 Å². The highest BCUT2D eigenvalue weighted by Gasteiger charge is 2.47. The molecule has 1 amide bonds. The zero-order chi connectivity index (χ0) is 22.5. The molecule has 0 heterocycles. The van der Waals surface area contributed by atoms with E-state index in [0.717, 1.165) is 21.6 Å². The van der Waals surface area contributed by atoms with Gasteiger partial charge in [-0.3, -0.25) is 9.69 Å². The number of alkyl halides is 3. The topological polar surface area (TPSA) is 70.1 Å². The lowest BCUT2D eigenvalue weighted by atomic mass is 9.95. The molecule has 0 aliphatic rings. The quantitative estimate of drug-likeness (QED) is 0.615. The van der Waals surface area contributed by atoms with Crippen LogP contribution in [0.15, 0.2) is 48.5 Å². The lowest BCUT2D eigenvalue weighted by Crippen LogP contribution is -2.51. The average Bonchev–Trinajstić information content (AvgIpc) is 2.66. The first kappa shape index (κ1) is 23.4. The Labute approximate surface area is 175 Å². The lowest BCUT2D eigenvalue weighted by molar-refractivity contribution is -0.192. The second-order valence-electron chi connectivity index (χ2n) is 7.81. The molecule has 2 aromatic rings. The fourth-order valence-electron chi connectivity index (χ4n) is 3.50. The summed E-state index contributed by atoms with van der Waals surface area (Å²) in [5.74, 6) is -0.939. The van der Waals surface area contributed by atoms with Gasteiger partial charge >= 0.3 is 6.18 Å². The van der Waals surface area contributed by atoms with Crippen molar-refractivity contribution in [1.82, 2.24) is 4.90 Å². The smallest absolute Gasteiger partial charge is 0.368 e. The van der Waals surface area contributed by atoms with E-state index >= 15 is 0 Å². The number of rotatable bonds is 8. The van der Waals surface area contributed by atoms with Crippen LogP contribution in [0, 0.1) is 24.2 Å². The molecule has 0 saturated carbocycles. The number of carbonyl (C=O) groups is 1. The van der Waals surface area contributed by atoms with Crippen LogP contribution in [0.3, 0.4) is 0 Å². The van der Waals surface area contributed by atoms with Crippen LogP contribution in [-0.2, 0) is 4.79 Å². The number of benzene rings is 2. The molecule has 0 aromatic heterocycles. The Morgan fingerprint density at radius 1 is 1.07 bits per heavy atom. The monoisotopic (exact) mass is 417 g/mol. The number of amides is 1. The summed E-state index contributed by atoms with van der Waals surface area (Å²) in [6.45, 7) is 4.97. The number of hydrogen-bond donors (Lipinski definition) is 1. The number of primary amides is 1. The van der Waals surface area contributed by atoms with Gasteiger partial charge in [0.1, 0.15) is 6.04 Å². The van der Waals surface area contributed by atoms with Crippen molar-refractivity contribution >= 4 is 5.91 Å². The van der Waals surface area contributed by atoms with Crippen LogP contribution in [0.25, 0.3) is 11.1 Å². The van der Waals surface area contributed by atoms with Gasteiger partial charge in [-0.15, -0.1) is 0 Å². The maximum atomic E-state index is 14.1. The molecule has 7 heteroatoms. The summed E-state index contributed by atoms with van der Waals surface area (Å²) in [5.41, 5.74) is 8.14. The predicted molar refractivity (Wildman–Crippen MR) is 110 cm³/mol. The highest BCUT2D eigenvalue weighted by molar-refractivity contribution is 5.80. The van der Waals surface area contributed by atoms with Crippen LogP contribution < -0.4 is 5.73 Å². The van der Waals surface area contributed by atoms with Crippen LogP contribution in [0.1, 0.15) is 37.4 Å². The highest BCUT2D eigenvalue weighted by Crippen LogP contribution is 2.40. The standard InChI is InChI=1S/C23H26F3N3O/c1-15(2)14-20(22(28)30)29(13-12-27)21(23(24,25)26)19-10-8-18(9-11-19)17-6-4-16(3)5-7-17/h4-11,15,20-21H,13-14H2,1-3H3,(H2,28,30)/t20-,21-/m0/s1. The van der Waals surface area contributed by atoms with Crippen molar-refractivity contribution in [2.24, 2.45) is 11.7 Å². The zero-order valence-electron chi connectivity index (χ0n) is 17.3. The molecule has 2 atom stereocenters. The van der Waals surface area contributed by atoms with Gasteiger partial charge in [0.05, 0.1) is 18.7 Å².